The SMILES string of the molecule is CCNC(=NCc1ccc(CN2CCOCC2)cc1)NCCC(C)C. The molecule has 5 nitrogen and oxygen atoms in total. The molecule has 0 spiro atoms. The summed E-state index contributed by atoms with van der Waals surface area (Å²) in [5.74, 6) is 1.61. The van der Waals surface area contributed by atoms with E-state index < -0.39 is 0 Å². The fourth-order valence-corrected chi connectivity index (χ4v) is 2.76. The van der Waals surface area contributed by atoms with Gasteiger partial charge in [0, 0.05) is 32.7 Å². The summed E-state index contributed by atoms with van der Waals surface area (Å²) in [6, 6.07) is 8.83. The zero-order valence-corrected chi connectivity index (χ0v) is 16.1. The molecular formula is C20H34N4O. The van der Waals surface area contributed by atoms with Crippen LogP contribution in [0.4, 0.5) is 0 Å². The average molecular weight is 347 g/mol. The lowest BCUT2D eigenvalue weighted by molar-refractivity contribution is 0.0342. The molecule has 0 radical (unpaired) electrons. The zero-order chi connectivity index (χ0) is 17.9. The van der Waals surface area contributed by atoms with Crippen molar-refractivity contribution < 1.29 is 4.74 Å². The van der Waals surface area contributed by atoms with Crippen LogP contribution in [0, 0.1) is 5.92 Å². The van der Waals surface area contributed by atoms with Crippen molar-refractivity contribution in [3.63, 3.8) is 0 Å². The predicted octanol–water partition coefficient (Wildman–Crippen LogP) is 2.62. The Morgan fingerprint density at radius 2 is 1.80 bits per heavy atom. The largest absolute Gasteiger partial charge is 0.379 e. The van der Waals surface area contributed by atoms with Crippen LogP contribution in [0.1, 0.15) is 38.3 Å². The summed E-state index contributed by atoms with van der Waals surface area (Å²) in [4.78, 5) is 7.14. The molecule has 0 atom stereocenters. The molecule has 0 aromatic heterocycles. The number of morpholine rings is 1. The highest BCUT2D eigenvalue weighted by atomic mass is 16.5. The standard InChI is InChI=1S/C20H34N4O/c1-4-21-20(22-10-9-17(2)3)23-15-18-5-7-19(8-6-18)16-24-11-13-25-14-12-24/h5-8,17H,4,9-16H2,1-3H3,(H2,21,22,23). The van der Waals surface area contributed by atoms with Crippen molar-refractivity contribution in [2.75, 3.05) is 39.4 Å². The van der Waals surface area contributed by atoms with Gasteiger partial charge in [-0.1, -0.05) is 38.1 Å². The first kappa shape index (κ1) is 19.7. The quantitative estimate of drug-likeness (QED) is 0.561. The maximum absolute atomic E-state index is 5.40. The molecule has 2 rings (SSSR count). The summed E-state index contributed by atoms with van der Waals surface area (Å²) in [5.41, 5.74) is 2.60. The molecule has 140 valence electrons. The monoisotopic (exact) mass is 346 g/mol. The van der Waals surface area contributed by atoms with Crippen LogP contribution in [0.2, 0.25) is 0 Å². The second-order valence-corrected chi connectivity index (χ2v) is 7.01. The van der Waals surface area contributed by atoms with E-state index in [-0.39, 0.29) is 0 Å². The Labute approximate surface area is 152 Å². The summed E-state index contributed by atoms with van der Waals surface area (Å²) >= 11 is 0. The van der Waals surface area contributed by atoms with E-state index in [0.29, 0.717) is 12.5 Å². The second kappa shape index (κ2) is 11.1. The summed E-state index contributed by atoms with van der Waals surface area (Å²) in [6.45, 7) is 13.9. The summed E-state index contributed by atoms with van der Waals surface area (Å²) in [5, 5.41) is 6.72. The normalized spacial score (nSPS) is 16.2. The number of aliphatic imine (C=N–C) groups is 1. The van der Waals surface area contributed by atoms with Crippen LogP contribution in [-0.4, -0.2) is 50.3 Å². The van der Waals surface area contributed by atoms with Gasteiger partial charge in [-0.2, -0.15) is 0 Å². The summed E-state index contributed by atoms with van der Waals surface area (Å²) in [6.07, 6.45) is 1.15. The molecule has 2 N–H and O–H groups in total. The molecule has 1 heterocycles. The van der Waals surface area contributed by atoms with E-state index in [9.17, 15) is 0 Å². The van der Waals surface area contributed by atoms with Crippen LogP contribution >= 0.6 is 0 Å². The van der Waals surface area contributed by atoms with Gasteiger partial charge in [-0.25, -0.2) is 4.99 Å². The first-order valence-corrected chi connectivity index (χ1v) is 9.57. The Morgan fingerprint density at radius 1 is 1.12 bits per heavy atom. The van der Waals surface area contributed by atoms with E-state index in [2.05, 4.69) is 60.6 Å². The van der Waals surface area contributed by atoms with Crippen molar-refractivity contribution >= 4 is 5.96 Å². The lowest BCUT2D eigenvalue weighted by Crippen LogP contribution is -2.38. The Balaban J connectivity index is 1.82. The third kappa shape index (κ3) is 7.88. The molecule has 1 aromatic rings. The van der Waals surface area contributed by atoms with Crippen molar-refractivity contribution in [3.05, 3.63) is 35.4 Å². The van der Waals surface area contributed by atoms with Gasteiger partial charge < -0.3 is 15.4 Å². The maximum atomic E-state index is 5.40. The molecule has 1 saturated heterocycles. The van der Waals surface area contributed by atoms with E-state index in [1.165, 1.54) is 11.1 Å². The van der Waals surface area contributed by atoms with Gasteiger partial charge in [0.15, 0.2) is 5.96 Å². The van der Waals surface area contributed by atoms with Crippen molar-refractivity contribution in [1.82, 2.24) is 15.5 Å². The molecule has 1 fully saturated rings. The van der Waals surface area contributed by atoms with Crippen LogP contribution in [0.3, 0.4) is 0 Å². The molecule has 5 heteroatoms. The number of guanidine groups is 1. The van der Waals surface area contributed by atoms with Crippen molar-refractivity contribution in [1.29, 1.82) is 0 Å². The number of nitrogens with one attached hydrogen (secondary N) is 2. The number of ether oxygens (including phenoxy) is 1. The summed E-state index contributed by atoms with van der Waals surface area (Å²) in [7, 11) is 0. The van der Waals surface area contributed by atoms with Crippen LogP contribution in [-0.2, 0) is 17.8 Å². The molecule has 1 aliphatic heterocycles. The Hall–Kier alpha value is -1.59. The van der Waals surface area contributed by atoms with Crippen molar-refractivity contribution in [3.8, 4) is 0 Å². The first-order chi connectivity index (χ1) is 12.2. The molecule has 1 aromatic carbocycles. The van der Waals surface area contributed by atoms with Crippen molar-refractivity contribution in [2.45, 2.75) is 40.3 Å². The number of hydrogen-bond acceptors (Lipinski definition) is 3. The lowest BCUT2D eigenvalue weighted by atomic mass is 10.1. The molecular weight excluding hydrogens is 312 g/mol. The molecule has 0 unspecified atom stereocenters. The minimum Gasteiger partial charge on any atom is -0.379 e. The molecule has 1 aliphatic rings. The van der Waals surface area contributed by atoms with Gasteiger partial charge in [0.1, 0.15) is 0 Å². The van der Waals surface area contributed by atoms with Crippen molar-refractivity contribution in [2.24, 2.45) is 10.9 Å². The second-order valence-electron chi connectivity index (χ2n) is 7.01. The van der Waals surface area contributed by atoms with E-state index in [1.54, 1.807) is 0 Å². The predicted molar refractivity (Wildman–Crippen MR) is 105 cm³/mol. The van der Waals surface area contributed by atoms with E-state index in [4.69, 9.17) is 9.73 Å². The first-order valence-electron chi connectivity index (χ1n) is 9.57. The highest BCUT2D eigenvalue weighted by molar-refractivity contribution is 5.79. The number of benzene rings is 1. The third-order valence-electron chi connectivity index (χ3n) is 4.31. The summed E-state index contributed by atoms with van der Waals surface area (Å²) < 4.78 is 5.40. The molecule has 0 aliphatic carbocycles. The number of nitrogens with zero attached hydrogens (tertiary/aromatic N) is 2. The minimum absolute atomic E-state index is 0.703. The van der Waals surface area contributed by atoms with Gasteiger partial charge in [-0.05, 0) is 30.4 Å². The number of rotatable bonds is 8. The van der Waals surface area contributed by atoms with Gasteiger partial charge in [0.05, 0.1) is 19.8 Å². The highest BCUT2D eigenvalue weighted by Crippen LogP contribution is 2.10. The Morgan fingerprint density at radius 3 is 2.44 bits per heavy atom. The van der Waals surface area contributed by atoms with Gasteiger partial charge >= 0.3 is 0 Å². The fraction of sp³-hybridized carbons (Fsp3) is 0.650. The lowest BCUT2D eigenvalue weighted by Gasteiger charge is -2.26. The van der Waals surface area contributed by atoms with Crippen LogP contribution in [0.15, 0.2) is 29.3 Å². The van der Waals surface area contributed by atoms with Gasteiger partial charge in [-0.3, -0.25) is 4.90 Å². The van der Waals surface area contributed by atoms with Crippen LogP contribution in [0.5, 0.6) is 0 Å². The molecule has 0 bridgehead atoms. The highest BCUT2D eigenvalue weighted by Gasteiger charge is 2.10. The van der Waals surface area contributed by atoms with E-state index >= 15 is 0 Å². The number of hydrogen-bond donors (Lipinski definition) is 2. The maximum Gasteiger partial charge on any atom is 0.191 e. The Bertz CT molecular complexity index is 507. The van der Waals surface area contributed by atoms with Crippen LogP contribution in [0.25, 0.3) is 0 Å². The Kier molecular flexibility index (Phi) is 8.77. The van der Waals surface area contributed by atoms with Gasteiger partial charge in [0.25, 0.3) is 0 Å². The molecule has 0 amide bonds. The van der Waals surface area contributed by atoms with E-state index in [1.807, 2.05) is 0 Å². The molecule has 0 saturated carbocycles. The van der Waals surface area contributed by atoms with E-state index in [0.717, 1.165) is 58.3 Å². The van der Waals surface area contributed by atoms with Crippen LogP contribution < -0.4 is 10.6 Å². The fourth-order valence-electron chi connectivity index (χ4n) is 2.76. The molecule has 25 heavy (non-hydrogen) atoms. The zero-order valence-electron chi connectivity index (χ0n) is 16.1. The smallest absolute Gasteiger partial charge is 0.191 e. The van der Waals surface area contributed by atoms with Gasteiger partial charge in [0.2, 0.25) is 0 Å². The third-order valence-corrected chi connectivity index (χ3v) is 4.31. The minimum atomic E-state index is 0.703. The van der Waals surface area contributed by atoms with Gasteiger partial charge in [-0.15, -0.1) is 0 Å². The topological polar surface area (TPSA) is 48.9 Å². The average Bonchev–Trinajstić information content (AvgIpc) is 2.61.